The quantitative estimate of drug-likeness (QED) is 0.300. The Morgan fingerprint density at radius 2 is 1.64 bits per heavy atom. The summed E-state index contributed by atoms with van der Waals surface area (Å²) >= 11 is 5.99. The number of carboxylic acid groups (broad SMARTS) is 1. The second-order valence-electron chi connectivity index (χ2n) is 5.67. The Kier molecular flexibility index (Phi) is 6.04. The summed E-state index contributed by atoms with van der Waals surface area (Å²) < 4.78 is 5.30. The van der Waals surface area contributed by atoms with E-state index in [9.17, 15) is 14.7 Å². The molecule has 0 aliphatic carbocycles. The molecule has 0 spiro atoms. The number of nitrogens with one attached hydrogen (secondary N) is 1. The van der Waals surface area contributed by atoms with E-state index in [-0.39, 0.29) is 5.56 Å². The Morgan fingerprint density at radius 1 is 0.964 bits per heavy atom. The van der Waals surface area contributed by atoms with Crippen molar-refractivity contribution in [3.05, 3.63) is 94.5 Å². The van der Waals surface area contributed by atoms with Crippen LogP contribution in [0.25, 0.3) is 0 Å². The SMILES string of the molecule is O=C([O-])c1ccc(N/N=C\c2ccc(OC(=O)c3ccccc3Cl)cc2)cc1. The molecular weight excluding hydrogens is 380 g/mol. The van der Waals surface area contributed by atoms with Crippen LogP contribution in [0.1, 0.15) is 26.3 Å². The maximum Gasteiger partial charge on any atom is 0.345 e. The third-order valence-corrected chi connectivity index (χ3v) is 4.04. The molecule has 0 saturated carbocycles. The average molecular weight is 394 g/mol. The van der Waals surface area contributed by atoms with Crippen LogP contribution in [-0.4, -0.2) is 18.2 Å². The van der Waals surface area contributed by atoms with Crippen LogP contribution in [0, 0.1) is 0 Å². The lowest BCUT2D eigenvalue weighted by molar-refractivity contribution is -0.255. The standard InChI is InChI=1S/C21H15ClN2O4/c22-19-4-2-1-3-18(19)21(27)28-17-11-5-14(6-12-17)13-23-24-16-9-7-15(8-10-16)20(25)26/h1-13,24H,(H,25,26)/p-1/b23-13-. The smallest absolute Gasteiger partial charge is 0.345 e. The van der Waals surface area contributed by atoms with Crippen LogP contribution < -0.4 is 15.3 Å². The maximum atomic E-state index is 12.1. The Bertz CT molecular complexity index is 1020. The molecule has 0 amide bonds. The molecule has 7 heteroatoms. The number of ether oxygens (including phenoxy) is 1. The highest BCUT2D eigenvalue weighted by Crippen LogP contribution is 2.19. The predicted molar refractivity (Wildman–Crippen MR) is 105 cm³/mol. The number of benzene rings is 3. The number of halogens is 1. The van der Waals surface area contributed by atoms with E-state index in [1.54, 1.807) is 66.9 Å². The van der Waals surface area contributed by atoms with Crippen molar-refractivity contribution in [1.29, 1.82) is 0 Å². The van der Waals surface area contributed by atoms with Gasteiger partial charge in [-0.25, -0.2) is 4.79 Å². The zero-order valence-corrected chi connectivity index (χ0v) is 15.2. The fourth-order valence-corrected chi connectivity index (χ4v) is 2.49. The van der Waals surface area contributed by atoms with Crippen LogP contribution in [0.5, 0.6) is 5.75 Å². The minimum absolute atomic E-state index is 0.0939. The molecule has 0 aliphatic rings. The van der Waals surface area contributed by atoms with Gasteiger partial charge in [0.1, 0.15) is 5.75 Å². The highest BCUT2D eigenvalue weighted by Gasteiger charge is 2.11. The third-order valence-electron chi connectivity index (χ3n) is 3.71. The number of carboxylic acids is 1. The van der Waals surface area contributed by atoms with Crippen molar-refractivity contribution < 1.29 is 19.4 Å². The number of hydrazone groups is 1. The molecule has 0 aromatic heterocycles. The summed E-state index contributed by atoms with van der Waals surface area (Å²) in [6.07, 6.45) is 1.58. The van der Waals surface area contributed by atoms with Gasteiger partial charge in [0.15, 0.2) is 0 Å². The fourth-order valence-electron chi connectivity index (χ4n) is 2.27. The molecule has 0 aliphatic heterocycles. The molecule has 0 heterocycles. The lowest BCUT2D eigenvalue weighted by Gasteiger charge is -2.06. The first-order chi connectivity index (χ1) is 13.5. The van der Waals surface area contributed by atoms with Crippen LogP contribution in [0.3, 0.4) is 0 Å². The van der Waals surface area contributed by atoms with Crippen molar-refractivity contribution in [2.75, 3.05) is 5.43 Å². The van der Waals surface area contributed by atoms with Gasteiger partial charge in [-0.2, -0.15) is 5.10 Å². The normalized spacial score (nSPS) is 10.6. The fraction of sp³-hybridized carbons (Fsp3) is 0. The topological polar surface area (TPSA) is 90.8 Å². The van der Waals surface area contributed by atoms with Gasteiger partial charge in [-0.3, -0.25) is 5.43 Å². The molecule has 0 atom stereocenters. The molecule has 3 aromatic rings. The summed E-state index contributed by atoms with van der Waals surface area (Å²) in [6, 6.07) is 19.4. The minimum Gasteiger partial charge on any atom is -0.545 e. The summed E-state index contributed by atoms with van der Waals surface area (Å²) in [5.41, 5.74) is 4.58. The summed E-state index contributed by atoms with van der Waals surface area (Å²) in [4.78, 5) is 22.8. The van der Waals surface area contributed by atoms with Gasteiger partial charge in [-0.05, 0) is 59.7 Å². The van der Waals surface area contributed by atoms with E-state index in [1.807, 2.05) is 0 Å². The number of esters is 1. The Hall–Kier alpha value is -3.64. The lowest BCUT2D eigenvalue weighted by Crippen LogP contribution is -2.21. The zero-order chi connectivity index (χ0) is 19.9. The molecule has 140 valence electrons. The first kappa shape index (κ1) is 19.1. The summed E-state index contributed by atoms with van der Waals surface area (Å²) in [5, 5.41) is 15.1. The van der Waals surface area contributed by atoms with Gasteiger partial charge in [0.25, 0.3) is 0 Å². The Labute approximate surface area is 166 Å². The second-order valence-corrected chi connectivity index (χ2v) is 6.08. The third kappa shape index (κ3) is 4.96. The van der Waals surface area contributed by atoms with Gasteiger partial charge in [0.05, 0.1) is 28.5 Å². The summed E-state index contributed by atoms with van der Waals surface area (Å²) in [7, 11) is 0. The second kappa shape index (κ2) is 8.83. The van der Waals surface area contributed by atoms with E-state index >= 15 is 0 Å². The van der Waals surface area contributed by atoms with E-state index in [1.165, 1.54) is 12.1 Å². The van der Waals surface area contributed by atoms with Crippen molar-refractivity contribution in [1.82, 2.24) is 0 Å². The van der Waals surface area contributed by atoms with Gasteiger partial charge < -0.3 is 14.6 Å². The molecule has 3 aromatic carbocycles. The first-order valence-corrected chi connectivity index (χ1v) is 8.58. The number of rotatable bonds is 6. The number of anilines is 1. The monoisotopic (exact) mass is 393 g/mol. The maximum absolute atomic E-state index is 12.1. The van der Waals surface area contributed by atoms with Gasteiger partial charge in [-0.15, -0.1) is 0 Å². The van der Waals surface area contributed by atoms with Crippen LogP contribution >= 0.6 is 11.6 Å². The molecule has 0 unspecified atom stereocenters. The number of hydrogen-bond donors (Lipinski definition) is 1. The van der Waals surface area contributed by atoms with Crippen LogP contribution in [-0.2, 0) is 0 Å². The molecular formula is C21H14ClN2O4-. The van der Waals surface area contributed by atoms with E-state index < -0.39 is 11.9 Å². The van der Waals surface area contributed by atoms with E-state index in [0.29, 0.717) is 22.0 Å². The molecule has 0 radical (unpaired) electrons. The largest absolute Gasteiger partial charge is 0.545 e. The Balaban J connectivity index is 1.58. The predicted octanol–water partition coefficient (Wildman–Crippen LogP) is 3.37. The van der Waals surface area contributed by atoms with Crippen molar-refractivity contribution in [3.8, 4) is 5.75 Å². The van der Waals surface area contributed by atoms with Gasteiger partial charge in [0.2, 0.25) is 0 Å². The molecule has 28 heavy (non-hydrogen) atoms. The van der Waals surface area contributed by atoms with Crippen LogP contribution in [0.15, 0.2) is 77.9 Å². The zero-order valence-electron chi connectivity index (χ0n) is 14.5. The van der Waals surface area contributed by atoms with Crippen molar-refractivity contribution in [3.63, 3.8) is 0 Å². The first-order valence-electron chi connectivity index (χ1n) is 8.20. The number of carbonyl (C=O) groups excluding carboxylic acids is 2. The highest BCUT2D eigenvalue weighted by molar-refractivity contribution is 6.33. The minimum atomic E-state index is -1.23. The average Bonchev–Trinajstić information content (AvgIpc) is 2.70. The number of carbonyl (C=O) groups is 2. The lowest BCUT2D eigenvalue weighted by atomic mass is 10.2. The number of nitrogens with zero attached hydrogens (tertiary/aromatic N) is 1. The van der Waals surface area contributed by atoms with Gasteiger partial charge in [-0.1, -0.05) is 35.9 Å². The molecule has 3 rings (SSSR count). The molecule has 0 bridgehead atoms. The van der Waals surface area contributed by atoms with Crippen LogP contribution in [0.2, 0.25) is 5.02 Å². The van der Waals surface area contributed by atoms with Gasteiger partial charge in [0, 0.05) is 0 Å². The van der Waals surface area contributed by atoms with Crippen molar-refractivity contribution >= 4 is 35.4 Å². The number of aromatic carboxylic acids is 1. The van der Waals surface area contributed by atoms with Crippen molar-refractivity contribution in [2.24, 2.45) is 5.10 Å². The van der Waals surface area contributed by atoms with E-state index in [0.717, 1.165) is 5.56 Å². The summed E-state index contributed by atoms with van der Waals surface area (Å²) in [5.74, 6) is -1.38. The molecule has 0 fully saturated rings. The molecule has 6 nitrogen and oxygen atoms in total. The van der Waals surface area contributed by atoms with E-state index in [2.05, 4.69) is 10.5 Å². The molecule has 0 saturated heterocycles. The van der Waals surface area contributed by atoms with Crippen LogP contribution in [0.4, 0.5) is 5.69 Å². The highest BCUT2D eigenvalue weighted by atomic mass is 35.5. The van der Waals surface area contributed by atoms with E-state index in [4.69, 9.17) is 16.3 Å². The van der Waals surface area contributed by atoms with Crippen molar-refractivity contribution in [2.45, 2.75) is 0 Å². The van der Waals surface area contributed by atoms with Gasteiger partial charge >= 0.3 is 5.97 Å². The Morgan fingerprint density at radius 3 is 2.29 bits per heavy atom. The summed E-state index contributed by atoms with van der Waals surface area (Å²) in [6.45, 7) is 0. The number of hydrogen-bond acceptors (Lipinski definition) is 6. The molecule has 1 N–H and O–H groups in total.